The van der Waals surface area contributed by atoms with E-state index in [4.69, 9.17) is 23.2 Å². The Labute approximate surface area is 160 Å². The van der Waals surface area contributed by atoms with Crippen molar-refractivity contribution in [2.75, 3.05) is 10.6 Å². The second-order valence-corrected chi connectivity index (χ2v) is 6.24. The molecule has 132 valence electrons. The van der Waals surface area contributed by atoms with Gasteiger partial charge in [0.05, 0.1) is 15.7 Å². The molecule has 26 heavy (non-hydrogen) atoms. The number of para-hydroxylation sites is 1. The van der Waals surface area contributed by atoms with E-state index in [9.17, 15) is 9.18 Å². The van der Waals surface area contributed by atoms with E-state index in [1.807, 2.05) is 0 Å². The molecule has 2 aromatic carbocycles. The van der Waals surface area contributed by atoms with Crippen LogP contribution < -0.4 is 10.6 Å². The first-order valence-corrected chi connectivity index (χ1v) is 8.49. The van der Waals surface area contributed by atoms with Crippen LogP contribution in [0.5, 0.6) is 0 Å². The topological polar surface area (TPSA) is 54.0 Å². The highest BCUT2D eigenvalue weighted by molar-refractivity contribution is 6.40. The number of amides is 1. The van der Waals surface area contributed by atoms with Crippen LogP contribution in [0.1, 0.15) is 16.1 Å². The van der Waals surface area contributed by atoms with Crippen molar-refractivity contribution < 1.29 is 9.18 Å². The van der Waals surface area contributed by atoms with Crippen molar-refractivity contribution in [2.45, 2.75) is 6.54 Å². The van der Waals surface area contributed by atoms with E-state index in [-0.39, 0.29) is 18.1 Å². The molecule has 1 amide bonds. The van der Waals surface area contributed by atoms with E-state index in [0.29, 0.717) is 27.0 Å². The molecule has 1 aromatic heterocycles. The summed E-state index contributed by atoms with van der Waals surface area (Å²) in [5.74, 6) is -0.741. The van der Waals surface area contributed by atoms with Crippen molar-refractivity contribution in [1.82, 2.24) is 4.98 Å². The average molecular weight is 390 g/mol. The maximum absolute atomic E-state index is 13.7. The normalized spacial score (nSPS) is 10.4. The molecule has 1 heterocycles. The summed E-state index contributed by atoms with van der Waals surface area (Å²) >= 11 is 12.1. The highest BCUT2D eigenvalue weighted by Gasteiger charge is 2.13. The van der Waals surface area contributed by atoms with Crippen LogP contribution in [-0.4, -0.2) is 10.9 Å². The van der Waals surface area contributed by atoms with Gasteiger partial charge in [0.15, 0.2) is 0 Å². The number of nitrogens with one attached hydrogen (secondary N) is 2. The minimum atomic E-state index is -0.449. The van der Waals surface area contributed by atoms with Gasteiger partial charge in [-0.1, -0.05) is 47.5 Å². The Balaban J connectivity index is 1.72. The van der Waals surface area contributed by atoms with E-state index in [2.05, 4.69) is 15.6 Å². The summed E-state index contributed by atoms with van der Waals surface area (Å²) in [6.45, 7) is 0.286. The molecule has 0 radical (unpaired) electrons. The molecule has 0 fully saturated rings. The van der Waals surface area contributed by atoms with Crippen LogP contribution in [-0.2, 0) is 6.54 Å². The Morgan fingerprint density at radius 3 is 2.50 bits per heavy atom. The van der Waals surface area contributed by atoms with Crippen LogP contribution in [0.25, 0.3) is 0 Å². The molecule has 0 bridgehead atoms. The van der Waals surface area contributed by atoms with Crippen LogP contribution in [0, 0.1) is 5.82 Å². The molecule has 7 heteroatoms. The van der Waals surface area contributed by atoms with Crippen molar-refractivity contribution >= 4 is 40.5 Å². The minimum Gasteiger partial charge on any atom is -0.381 e. The lowest BCUT2D eigenvalue weighted by molar-refractivity contribution is 0.102. The molecule has 0 aliphatic heterocycles. The Hall–Kier alpha value is -2.63. The number of pyridine rings is 1. The quantitative estimate of drug-likeness (QED) is 0.614. The van der Waals surface area contributed by atoms with Crippen molar-refractivity contribution in [2.24, 2.45) is 0 Å². The number of halogens is 3. The Bertz CT molecular complexity index is 929. The first-order valence-electron chi connectivity index (χ1n) is 7.73. The van der Waals surface area contributed by atoms with Gasteiger partial charge in [0.1, 0.15) is 11.5 Å². The summed E-state index contributed by atoms with van der Waals surface area (Å²) in [5, 5.41) is 6.39. The summed E-state index contributed by atoms with van der Waals surface area (Å²) in [7, 11) is 0. The van der Waals surface area contributed by atoms with Gasteiger partial charge < -0.3 is 10.6 Å². The first-order chi connectivity index (χ1) is 12.5. The van der Waals surface area contributed by atoms with E-state index >= 15 is 0 Å². The standard InChI is InChI=1S/C19H14Cl2FN3O/c20-14-5-3-6-15(21)18(14)25-19(26)17-10-13(8-9-23-17)24-11-12-4-1-2-7-16(12)22/h1-10H,11H2,(H,23,24)(H,25,26). The lowest BCUT2D eigenvalue weighted by Gasteiger charge is -2.10. The second-order valence-electron chi connectivity index (χ2n) is 5.43. The van der Waals surface area contributed by atoms with Gasteiger partial charge in [-0.2, -0.15) is 0 Å². The third-order valence-electron chi connectivity index (χ3n) is 3.63. The molecule has 2 N–H and O–H groups in total. The fraction of sp³-hybridized carbons (Fsp3) is 0.0526. The van der Waals surface area contributed by atoms with Crippen molar-refractivity contribution in [3.8, 4) is 0 Å². The Morgan fingerprint density at radius 2 is 1.77 bits per heavy atom. The van der Waals surface area contributed by atoms with Gasteiger partial charge in [-0.05, 0) is 30.3 Å². The zero-order valence-electron chi connectivity index (χ0n) is 13.5. The fourth-order valence-corrected chi connectivity index (χ4v) is 2.79. The van der Waals surface area contributed by atoms with Gasteiger partial charge >= 0.3 is 0 Å². The van der Waals surface area contributed by atoms with E-state index in [1.54, 1.807) is 48.5 Å². The molecule has 0 spiro atoms. The summed E-state index contributed by atoms with van der Waals surface area (Å²) in [4.78, 5) is 16.5. The first kappa shape index (κ1) is 18.2. The number of hydrogen-bond acceptors (Lipinski definition) is 3. The molecule has 0 aliphatic carbocycles. The SMILES string of the molecule is O=C(Nc1c(Cl)cccc1Cl)c1cc(NCc2ccccc2F)ccn1. The van der Waals surface area contributed by atoms with Gasteiger partial charge in [0, 0.05) is 24.0 Å². The molecule has 0 aliphatic rings. The zero-order chi connectivity index (χ0) is 18.5. The van der Waals surface area contributed by atoms with E-state index in [0.717, 1.165) is 0 Å². The van der Waals surface area contributed by atoms with E-state index in [1.165, 1.54) is 12.3 Å². The maximum atomic E-state index is 13.7. The predicted molar refractivity (Wildman–Crippen MR) is 102 cm³/mol. The van der Waals surface area contributed by atoms with Crippen LogP contribution in [0.15, 0.2) is 60.8 Å². The van der Waals surface area contributed by atoms with Crippen LogP contribution >= 0.6 is 23.2 Å². The predicted octanol–water partition coefficient (Wildman–Crippen LogP) is 5.39. The van der Waals surface area contributed by atoms with E-state index < -0.39 is 5.91 Å². The van der Waals surface area contributed by atoms with Crippen molar-refractivity contribution in [3.05, 3.63) is 87.9 Å². The zero-order valence-corrected chi connectivity index (χ0v) is 15.0. The monoisotopic (exact) mass is 389 g/mol. The Morgan fingerprint density at radius 1 is 1.04 bits per heavy atom. The second kappa shape index (κ2) is 8.17. The number of nitrogens with zero attached hydrogens (tertiary/aromatic N) is 1. The third-order valence-corrected chi connectivity index (χ3v) is 4.26. The van der Waals surface area contributed by atoms with Gasteiger partial charge in [-0.15, -0.1) is 0 Å². The lowest BCUT2D eigenvalue weighted by atomic mass is 10.2. The number of carbonyl (C=O) groups is 1. The number of aromatic nitrogens is 1. The average Bonchev–Trinajstić information content (AvgIpc) is 2.64. The smallest absolute Gasteiger partial charge is 0.274 e. The highest BCUT2D eigenvalue weighted by atomic mass is 35.5. The number of rotatable bonds is 5. The van der Waals surface area contributed by atoms with Crippen molar-refractivity contribution in [1.29, 1.82) is 0 Å². The van der Waals surface area contributed by atoms with Gasteiger partial charge in [0.25, 0.3) is 5.91 Å². The summed E-state index contributed by atoms with van der Waals surface area (Å²) in [6.07, 6.45) is 1.49. The number of anilines is 2. The molecule has 0 saturated carbocycles. The lowest BCUT2D eigenvalue weighted by Crippen LogP contribution is -2.14. The molecule has 0 unspecified atom stereocenters. The molecule has 0 atom stereocenters. The van der Waals surface area contributed by atoms with Gasteiger partial charge in [0.2, 0.25) is 0 Å². The summed E-state index contributed by atoms with van der Waals surface area (Å²) in [6, 6.07) is 14.7. The highest BCUT2D eigenvalue weighted by Crippen LogP contribution is 2.30. The minimum absolute atomic E-state index is 0.180. The molecular formula is C19H14Cl2FN3O. The molecule has 3 aromatic rings. The Kier molecular flexibility index (Phi) is 5.71. The van der Waals surface area contributed by atoms with Gasteiger partial charge in [-0.25, -0.2) is 4.39 Å². The fourth-order valence-electron chi connectivity index (χ4n) is 2.30. The maximum Gasteiger partial charge on any atom is 0.274 e. The number of hydrogen-bond donors (Lipinski definition) is 2. The van der Waals surface area contributed by atoms with Crippen LogP contribution in [0.3, 0.4) is 0 Å². The van der Waals surface area contributed by atoms with Crippen LogP contribution in [0.2, 0.25) is 10.0 Å². The van der Waals surface area contributed by atoms with Crippen LogP contribution in [0.4, 0.5) is 15.8 Å². The third kappa shape index (κ3) is 4.31. The molecule has 0 saturated heterocycles. The number of carbonyl (C=O) groups excluding carboxylic acids is 1. The van der Waals surface area contributed by atoms with Crippen molar-refractivity contribution in [3.63, 3.8) is 0 Å². The summed E-state index contributed by atoms with van der Waals surface area (Å²) in [5.41, 5.74) is 1.67. The molecule has 4 nitrogen and oxygen atoms in total. The largest absolute Gasteiger partial charge is 0.381 e. The number of benzene rings is 2. The molecular weight excluding hydrogens is 376 g/mol. The summed E-state index contributed by atoms with van der Waals surface area (Å²) < 4.78 is 13.7. The molecule has 3 rings (SSSR count). The van der Waals surface area contributed by atoms with Gasteiger partial charge in [-0.3, -0.25) is 9.78 Å².